The van der Waals surface area contributed by atoms with Crippen molar-refractivity contribution in [1.82, 2.24) is 0 Å². The number of rotatable bonds is 5. The average molecular weight is 279 g/mol. The predicted molar refractivity (Wildman–Crippen MR) is 75.2 cm³/mol. The first-order chi connectivity index (χ1) is 9.20. The van der Waals surface area contributed by atoms with Crippen LogP contribution >= 0.6 is 11.8 Å². The lowest BCUT2D eigenvalue weighted by atomic mass is 10.1. The van der Waals surface area contributed by atoms with Gasteiger partial charge in [-0.15, -0.1) is 11.8 Å². The zero-order valence-corrected chi connectivity index (χ0v) is 11.7. The molecule has 0 aliphatic carbocycles. The summed E-state index contributed by atoms with van der Waals surface area (Å²) in [5.41, 5.74) is 0.874. The molecule has 4 nitrogen and oxygen atoms in total. The molecule has 5 heteroatoms. The second kappa shape index (κ2) is 6.61. The monoisotopic (exact) mass is 279 g/mol. The lowest BCUT2D eigenvalue weighted by molar-refractivity contribution is -0.143. The molecule has 1 N–H and O–H groups in total. The Balaban J connectivity index is 1.85. The van der Waals surface area contributed by atoms with Crippen LogP contribution in [-0.2, 0) is 14.3 Å². The fraction of sp³-hybridized carbons (Fsp3) is 0.429. The zero-order valence-electron chi connectivity index (χ0n) is 10.8. The normalized spacial score (nSPS) is 17.5. The van der Waals surface area contributed by atoms with Crippen LogP contribution in [0.4, 0.5) is 5.69 Å². The SMILES string of the molecule is CCOC(=O)CCCC1Sc2ccccc2NC1=O. The molecule has 0 saturated heterocycles. The molecule has 0 fully saturated rings. The molecule has 1 amide bonds. The summed E-state index contributed by atoms with van der Waals surface area (Å²) >= 11 is 1.57. The van der Waals surface area contributed by atoms with Gasteiger partial charge in [0.2, 0.25) is 5.91 Å². The molecule has 19 heavy (non-hydrogen) atoms. The van der Waals surface area contributed by atoms with Crippen LogP contribution in [0.1, 0.15) is 26.2 Å². The zero-order chi connectivity index (χ0) is 13.7. The fourth-order valence-corrected chi connectivity index (χ4v) is 3.11. The number of amides is 1. The predicted octanol–water partition coefficient (Wildman–Crippen LogP) is 2.83. The van der Waals surface area contributed by atoms with E-state index in [2.05, 4.69) is 5.32 Å². The lowest BCUT2D eigenvalue weighted by Gasteiger charge is -2.23. The van der Waals surface area contributed by atoms with Crippen molar-refractivity contribution in [2.24, 2.45) is 0 Å². The standard InChI is InChI=1S/C14H17NO3S/c1-2-18-13(16)9-5-8-12-14(17)15-10-6-3-4-7-11(10)19-12/h3-4,6-7,12H,2,5,8-9H2,1H3,(H,15,17). The minimum atomic E-state index is -0.191. The molecular formula is C14H17NO3S. The van der Waals surface area contributed by atoms with Crippen molar-refractivity contribution in [3.05, 3.63) is 24.3 Å². The van der Waals surface area contributed by atoms with E-state index in [1.165, 1.54) is 0 Å². The van der Waals surface area contributed by atoms with E-state index in [1.54, 1.807) is 18.7 Å². The quantitative estimate of drug-likeness (QED) is 0.842. The highest BCUT2D eigenvalue weighted by Gasteiger charge is 2.26. The van der Waals surface area contributed by atoms with Crippen LogP contribution in [0.15, 0.2) is 29.2 Å². The van der Waals surface area contributed by atoms with E-state index in [-0.39, 0.29) is 17.1 Å². The Kier molecular flexibility index (Phi) is 4.85. The van der Waals surface area contributed by atoms with Crippen LogP contribution in [0.5, 0.6) is 0 Å². The summed E-state index contributed by atoms with van der Waals surface area (Å²) in [6.07, 6.45) is 1.73. The highest BCUT2D eigenvalue weighted by molar-refractivity contribution is 8.01. The molecule has 1 atom stereocenters. The van der Waals surface area contributed by atoms with E-state index in [4.69, 9.17) is 4.74 Å². The third-order valence-corrected chi connectivity index (χ3v) is 4.20. The highest BCUT2D eigenvalue weighted by atomic mass is 32.2. The van der Waals surface area contributed by atoms with Crippen molar-refractivity contribution in [2.45, 2.75) is 36.3 Å². The van der Waals surface area contributed by atoms with E-state index in [1.807, 2.05) is 24.3 Å². The molecule has 2 rings (SSSR count). The maximum atomic E-state index is 11.9. The van der Waals surface area contributed by atoms with Crippen LogP contribution in [-0.4, -0.2) is 23.7 Å². The van der Waals surface area contributed by atoms with E-state index in [9.17, 15) is 9.59 Å². The van der Waals surface area contributed by atoms with Crippen LogP contribution in [0, 0.1) is 0 Å². The Labute approximate surface area is 116 Å². The Morgan fingerprint density at radius 3 is 3.00 bits per heavy atom. The smallest absolute Gasteiger partial charge is 0.305 e. The number of carbonyl (C=O) groups excluding carboxylic acids is 2. The molecule has 1 aliphatic heterocycles. The van der Waals surface area contributed by atoms with Gasteiger partial charge in [-0.25, -0.2) is 0 Å². The Bertz CT molecular complexity index is 476. The second-order valence-electron chi connectivity index (χ2n) is 4.29. The van der Waals surface area contributed by atoms with E-state index in [0.717, 1.165) is 10.6 Å². The van der Waals surface area contributed by atoms with Gasteiger partial charge >= 0.3 is 5.97 Å². The van der Waals surface area contributed by atoms with Crippen molar-refractivity contribution < 1.29 is 14.3 Å². The molecule has 0 saturated carbocycles. The number of esters is 1. The van der Waals surface area contributed by atoms with Gasteiger partial charge in [-0.05, 0) is 31.9 Å². The van der Waals surface area contributed by atoms with Crippen molar-refractivity contribution in [3.8, 4) is 0 Å². The van der Waals surface area contributed by atoms with Gasteiger partial charge in [0.15, 0.2) is 0 Å². The number of benzene rings is 1. The molecular weight excluding hydrogens is 262 g/mol. The summed E-state index contributed by atoms with van der Waals surface area (Å²) in [7, 11) is 0. The third-order valence-electron chi connectivity index (χ3n) is 2.86. The van der Waals surface area contributed by atoms with Gasteiger partial charge in [-0.3, -0.25) is 9.59 Å². The Morgan fingerprint density at radius 2 is 2.21 bits per heavy atom. The summed E-state index contributed by atoms with van der Waals surface area (Å²) in [6.45, 7) is 2.20. The number of carbonyl (C=O) groups is 2. The highest BCUT2D eigenvalue weighted by Crippen LogP contribution is 2.37. The maximum absolute atomic E-state index is 11.9. The number of hydrogen-bond donors (Lipinski definition) is 1. The number of hydrogen-bond acceptors (Lipinski definition) is 4. The molecule has 1 heterocycles. The van der Waals surface area contributed by atoms with E-state index < -0.39 is 0 Å². The number of anilines is 1. The molecule has 102 valence electrons. The first-order valence-electron chi connectivity index (χ1n) is 6.43. The number of nitrogens with one attached hydrogen (secondary N) is 1. The largest absolute Gasteiger partial charge is 0.466 e. The third kappa shape index (κ3) is 3.73. The van der Waals surface area contributed by atoms with E-state index >= 15 is 0 Å². The van der Waals surface area contributed by atoms with Crippen molar-refractivity contribution in [2.75, 3.05) is 11.9 Å². The van der Waals surface area contributed by atoms with Gasteiger partial charge in [0.05, 0.1) is 17.5 Å². The fourth-order valence-electron chi connectivity index (χ4n) is 1.95. The Hall–Kier alpha value is -1.49. The van der Waals surface area contributed by atoms with Gasteiger partial charge in [-0.1, -0.05) is 12.1 Å². The number of ether oxygens (including phenoxy) is 1. The molecule has 1 unspecified atom stereocenters. The minimum Gasteiger partial charge on any atom is -0.466 e. The van der Waals surface area contributed by atoms with Crippen LogP contribution in [0.2, 0.25) is 0 Å². The summed E-state index contributed by atoms with van der Waals surface area (Å²) in [5.74, 6) is -0.170. The molecule has 1 aromatic carbocycles. The minimum absolute atomic E-state index is 0.0209. The topological polar surface area (TPSA) is 55.4 Å². The van der Waals surface area contributed by atoms with Gasteiger partial charge in [-0.2, -0.15) is 0 Å². The molecule has 0 radical (unpaired) electrons. The first kappa shape index (κ1) is 13.9. The van der Waals surface area contributed by atoms with Gasteiger partial charge in [0.25, 0.3) is 0 Å². The second-order valence-corrected chi connectivity index (χ2v) is 5.53. The summed E-state index contributed by atoms with van der Waals surface area (Å²) < 4.78 is 4.87. The first-order valence-corrected chi connectivity index (χ1v) is 7.31. The average Bonchev–Trinajstić information content (AvgIpc) is 2.39. The van der Waals surface area contributed by atoms with Gasteiger partial charge in [0, 0.05) is 11.3 Å². The van der Waals surface area contributed by atoms with Crippen LogP contribution in [0.25, 0.3) is 0 Å². The number of thioether (sulfide) groups is 1. The summed E-state index contributed by atoms with van der Waals surface area (Å²) in [5, 5.41) is 2.78. The summed E-state index contributed by atoms with van der Waals surface area (Å²) in [6, 6.07) is 7.76. The van der Waals surface area contributed by atoms with Gasteiger partial charge in [0.1, 0.15) is 0 Å². The lowest BCUT2D eigenvalue weighted by Crippen LogP contribution is -2.29. The molecule has 0 bridgehead atoms. The summed E-state index contributed by atoms with van der Waals surface area (Å²) in [4.78, 5) is 24.2. The van der Waals surface area contributed by atoms with Crippen molar-refractivity contribution >= 4 is 29.3 Å². The number of fused-ring (bicyclic) bond motifs is 1. The van der Waals surface area contributed by atoms with Gasteiger partial charge < -0.3 is 10.1 Å². The van der Waals surface area contributed by atoms with Crippen LogP contribution < -0.4 is 5.32 Å². The Morgan fingerprint density at radius 1 is 1.42 bits per heavy atom. The van der Waals surface area contributed by atoms with Crippen molar-refractivity contribution in [1.29, 1.82) is 0 Å². The molecule has 1 aromatic rings. The molecule has 1 aliphatic rings. The molecule has 0 spiro atoms. The number of para-hydroxylation sites is 1. The van der Waals surface area contributed by atoms with Crippen molar-refractivity contribution in [3.63, 3.8) is 0 Å². The molecule has 0 aromatic heterocycles. The van der Waals surface area contributed by atoms with Crippen LogP contribution in [0.3, 0.4) is 0 Å². The maximum Gasteiger partial charge on any atom is 0.305 e. The van der Waals surface area contributed by atoms with E-state index in [0.29, 0.717) is 25.9 Å².